The second kappa shape index (κ2) is 5.71. The summed E-state index contributed by atoms with van der Waals surface area (Å²) in [5.41, 5.74) is 8.79. The lowest BCUT2D eigenvalue weighted by Crippen LogP contribution is -2.12. The van der Waals surface area contributed by atoms with E-state index in [0.717, 1.165) is 5.75 Å². The van der Waals surface area contributed by atoms with E-state index in [1.807, 2.05) is 11.8 Å². The normalized spacial score (nSPS) is 12.6. The summed E-state index contributed by atoms with van der Waals surface area (Å²) in [6, 6.07) is 10.9. The number of thiophene rings is 1. The quantitative estimate of drug-likeness (QED) is 0.838. The van der Waals surface area contributed by atoms with Crippen molar-refractivity contribution in [3.63, 3.8) is 0 Å². The lowest BCUT2D eigenvalue weighted by Gasteiger charge is -2.11. The third-order valence-electron chi connectivity index (χ3n) is 2.75. The van der Waals surface area contributed by atoms with Gasteiger partial charge in [0.1, 0.15) is 0 Å². The Kier molecular flexibility index (Phi) is 4.26. The highest BCUT2D eigenvalue weighted by Crippen LogP contribution is 2.27. The summed E-state index contributed by atoms with van der Waals surface area (Å²) in [4.78, 5) is 2.63. The third kappa shape index (κ3) is 3.35. The van der Waals surface area contributed by atoms with Gasteiger partial charge in [0, 0.05) is 21.6 Å². The van der Waals surface area contributed by atoms with Crippen LogP contribution in [0.25, 0.3) is 0 Å². The molecule has 1 aromatic carbocycles. The molecule has 1 nitrogen and oxygen atoms in total. The van der Waals surface area contributed by atoms with Crippen LogP contribution in [0.2, 0.25) is 0 Å². The highest BCUT2D eigenvalue weighted by Gasteiger charge is 2.10. The van der Waals surface area contributed by atoms with Gasteiger partial charge in [-0.05, 0) is 43.0 Å². The lowest BCUT2D eigenvalue weighted by molar-refractivity contribution is 0.829. The topological polar surface area (TPSA) is 26.0 Å². The number of hydrogen-bond acceptors (Lipinski definition) is 3. The summed E-state index contributed by atoms with van der Waals surface area (Å²) >= 11 is 3.59. The number of rotatable bonds is 4. The van der Waals surface area contributed by atoms with Crippen molar-refractivity contribution < 1.29 is 0 Å². The van der Waals surface area contributed by atoms with Gasteiger partial charge in [0.25, 0.3) is 0 Å². The Labute approximate surface area is 111 Å². The molecular weight excluding hydrogens is 246 g/mol. The third-order valence-corrected chi connectivity index (χ3v) is 4.74. The number of aryl methyl sites for hydroxylation is 2. The molecule has 0 radical (unpaired) electrons. The summed E-state index contributed by atoms with van der Waals surface area (Å²) in [5, 5.41) is 2.11. The molecule has 1 atom stereocenters. The summed E-state index contributed by atoms with van der Waals surface area (Å²) in [6.07, 6.45) is 0. The van der Waals surface area contributed by atoms with E-state index in [9.17, 15) is 0 Å². The predicted molar refractivity (Wildman–Crippen MR) is 77.9 cm³/mol. The molecule has 3 heteroatoms. The Balaban J connectivity index is 1.94. The summed E-state index contributed by atoms with van der Waals surface area (Å²) in [7, 11) is 0. The van der Waals surface area contributed by atoms with Gasteiger partial charge in [-0.1, -0.05) is 17.7 Å². The molecule has 0 aliphatic carbocycles. The SMILES string of the molecule is Cc1ccc(SCC(N)c2ccsc2C)cc1. The monoisotopic (exact) mass is 263 g/mol. The van der Waals surface area contributed by atoms with Crippen LogP contribution >= 0.6 is 23.1 Å². The number of thioether (sulfide) groups is 1. The van der Waals surface area contributed by atoms with Crippen LogP contribution in [0.4, 0.5) is 0 Å². The first-order valence-corrected chi connectivity index (χ1v) is 7.52. The molecular formula is C14H17NS2. The first-order chi connectivity index (χ1) is 8.16. The van der Waals surface area contributed by atoms with Crippen LogP contribution in [0.1, 0.15) is 22.0 Å². The van der Waals surface area contributed by atoms with Gasteiger partial charge in [-0.3, -0.25) is 0 Å². The molecule has 2 aromatic rings. The Hall–Kier alpha value is -0.770. The van der Waals surface area contributed by atoms with Crippen LogP contribution in [0, 0.1) is 13.8 Å². The molecule has 0 saturated carbocycles. The molecule has 1 heterocycles. The van der Waals surface area contributed by atoms with Gasteiger partial charge in [-0.2, -0.15) is 0 Å². The minimum absolute atomic E-state index is 0.132. The first kappa shape index (κ1) is 12.7. The molecule has 0 aliphatic rings. The van der Waals surface area contributed by atoms with Crippen molar-refractivity contribution in [2.75, 3.05) is 5.75 Å². The van der Waals surface area contributed by atoms with Crippen molar-refractivity contribution in [2.24, 2.45) is 5.73 Å². The fourth-order valence-corrected chi connectivity index (χ4v) is 3.34. The summed E-state index contributed by atoms with van der Waals surface area (Å²) in [5.74, 6) is 0.931. The molecule has 0 spiro atoms. The molecule has 0 fully saturated rings. The average Bonchev–Trinajstić information content (AvgIpc) is 2.74. The minimum atomic E-state index is 0.132. The van der Waals surface area contributed by atoms with Gasteiger partial charge < -0.3 is 5.73 Å². The number of benzene rings is 1. The van der Waals surface area contributed by atoms with E-state index in [-0.39, 0.29) is 6.04 Å². The van der Waals surface area contributed by atoms with Crippen LogP contribution in [0.5, 0.6) is 0 Å². The van der Waals surface area contributed by atoms with Crippen LogP contribution in [0.15, 0.2) is 40.6 Å². The fraction of sp³-hybridized carbons (Fsp3) is 0.286. The number of hydrogen-bond donors (Lipinski definition) is 1. The number of nitrogens with two attached hydrogens (primary N) is 1. The van der Waals surface area contributed by atoms with Crippen molar-refractivity contribution in [1.82, 2.24) is 0 Å². The molecule has 17 heavy (non-hydrogen) atoms. The predicted octanol–water partition coefficient (Wildman–Crippen LogP) is 4.16. The molecule has 2 N–H and O–H groups in total. The Morgan fingerprint density at radius 2 is 1.88 bits per heavy atom. The minimum Gasteiger partial charge on any atom is -0.323 e. The summed E-state index contributed by atoms with van der Waals surface area (Å²) < 4.78 is 0. The summed E-state index contributed by atoms with van der Waals surface area (Å²) in [6.45, 7) is 4.24. The first-order valence-electron chi connectivity index (χ1n) is 5.66. The highest BCUT2D eigenvalue weighted by atomic mass is 32.2. The molecule has 0 aliphatic heterocycles. The van der Waals surface area contributed by atoms with Crippen molar-refractivity contribution in [1.29, 1.82) is 0 Å². The standard InChI is InChI=1S/C14H17NS2/c1-10-3-5-12(6-4-10)17-9-14(15)13-7-8-16-11(13)2/h3-8,14H,9,15H2,1-2H3. The maximum atomic E-state index is 6.20. The van der Waals surface area contributed by atoms with E-state index in [2.05, 4.69) is 49.6 Å². The molecule has 0 bridgehead atoms. The maximum Gasteiger partial charge on any atom is 0.0401 e. The molecule has 2 rings (SSSR count). The van der Waals surface area contributed by atoms with Crippen molar-refractivity contribution >= 4 is 23.1 Å². The molecule has 90 valence electrons. The molecule has 0 amide bonds. The van der Waals surface area contributed by atoms with E-state index in [1.165, 1.54) is 20.9 Å². The highest BCUT2D eigenvalue weighted by molar-refractivity contribution is 7.99. The second-order valence-electron chi connectivity index (χ2n) is 4.16. The van der Waals surface area contributed by atoms with Gasteiger partial charge >= 0.3 is 0 Å². The Morgan fingerprint density at radius 3 is 2.47 bits per heavy atom. The zero-order valence-corrected chi connectivity index (χ0v) is 11.8. The van der Waals surface area contributed by atoms with E-state index < -0.39 is 0 Å². The molecule has 1 unspecified atom stereocenters. The maximum absolute atomic E-state index is 6.20. The van der Waals surface area contributed by atoms with Gasteiger partial charge in [0.15, 0.2) is 0 Å². The van der Waals surface area contributed by atoms with Gasteiger partial charge in [0.05, 0.1) is 0 Å². The van der Waals surface area contributed by atoms with E-state index in [0.29, 0.717) is 0 Å². The van der Waals surface area contributed by atoms with Crippen LogP contribution in [-0.4, -0.2) is 5.75 Å². The fourth-order valence-electron chi connectivity index (χ4n) is 1.69. The van der Waals surface area contributed by atoms with E-state index >= 15 is 0 Å². The zero-order chi connectivity index (χ0) is 12.3. The van der Waals surface area contributed by atoms with E-state index in [1.54, 1.807) is 11.3 Å². The molecule has 1 aromatic heterocycles. The zero-order valence-electron chi connectivity index (χ0n) is 10.1. The van der Waals surface area contributed by atoms with Crippen molar-refractivity contribution in [3.05, 3.63) is 51.7 Å². The smallest absolute Gasteiger partial charge is 0.0401 e. The average molecular weight is 263 g/mol. The van der Waals surface area contributed by atoms with Crippen LogP contribution in [-0.2, 0) is 0 Å². The Morgan fingerprint density at radius 1 is 1.18 bits per heavy atom. The second-order valence-corrected chi connectivity index (χ2v) is 6.38. The van der Waals surface area contributed by atoms with Crippen LogP contribution < -0.4 is 5.73 Å². The molecule has 0 saturated heterocycles. The Bertz CT molecular complexity index is 473. The van der Waals surface area contributed by atoms with Crippen LogP contribution in [0.3, 0.4) is 0 Å². The van der Waals surface area contributed by atoms with Gasteiger partial charge in [-0.15, -0.1) is 23.1 Å². The largest absolute Gasteiger partial charge is 0.323 e. The lowest BCUT2D eigenvalue weighted by atomic mass is 10.1. The van der Waals surface area contributed by atoms with E-state index in [4.69, 9.17) is 5.73 Å². The van der Waals surface area contributed by atoms with Gasteiger partial charge in [-0.25, -0.2) is 0 Å². The van der Waals surface area contributed by atoms with Gasteiger partial charge in [0.2, 0.25) is 0 Å². The van der Waals surface area contributed by atoms with Crippen molar-refractivity contribution in [2.45, 2.75) is 24.8 Å². The van der Waals surface area contributed by atoms with Crippen molar-refractivity contribution in [3.8, 4) is 0 Å².